The lowest BCUT2D eigenvalue weighted by Gasteiger charge is -2.15. The molecular weight excluding hydrogens is 158 g/mol. The minimum Gasteiger partial charge on any atom is -0.360 e. The highest BCUT2D eigenvalue weighted by atomic mass is 15.1. The standard InChI is InChI=1S/C12H13N/c1-3-8-13-9-10(2)11-6-4-5-7-12(11)13/h1,4-7,10H,8-9H2,2H3. The van der Waals surface area contributed by atoms with E-state index >= 15 is 0 Å². The zero-order valence-electron chi connectivity index (χ0n) is 7.83. The lowest BCUT2D eigenvalue weighted by molar-refractivity contribution is 0.781. The minimum atomic E-state index is 0.615. The van der Waals surface area contributed by atoms with Gasteiger partial charge in [0.2, 0.25) is 0 Å². The zero-order valence-corrected chi connectivity index (χ0v) is 7.83. The molecule has 1 aliphatic rings. The largest absolute Gasteiger partial charge is 0.360 e. The highest BCUT2D eigenvalue weighted by molar-refractivity contribution is 5.60. The first kappa shape index (κ1) is 8.19. The summed E-state index contributed by atoms with van der Waals surface area (Å²) in [6, 6.07) is 8.50. The molecule has 0 saturated carbocycles. The van der Waals surface area contributed by atoms with Gasteiger partial charge in [-0.1, -0.05) is 31.0 Å². The molecule has 0 saturated heterocycles. The summed E-state index contributed by atoms with van der Waals surface area (Å²) < 4.78 is 0. The molecular formula is C12H13N. The van der Waals surface area contributed by atoms with Crippen LogP contribution in [-0.4, -0.2) is 13.1 Å². The molecule has 1 aromatic rings. The predicted molar refractivity (Wildman–Crippen MR) is 55.9 cm³/mol. The van der Waals surface area contributed by atoms with E-state index in [9.17, 15) is 0 Å². The van der Waals surface area contributed by atoms with Crippen molar-refractivity contribution in [3.05, 3.63) is 29.8 Å². The number of hydrogen-bond acceptors (Lipinski definition) is 1. The van der Waals surface area contributed by atoms with Crippen molar-refractivity contribution in [3.63, 3.8) is 0 Å². The molecule has 1 aromatic carbocycles. The number of benzene rings is 1. The van der Waals surface area contributed by atoms with Gasteiger partial charge in [0.25, 0.3) is 0 Å². The number of fused-ring (bicyclic) bond motifs is 1. The van der Waals surface area contributed by atoms with Crippen molar-refractivity contribution in [2.24, 2.45) is 0 Å². The average Bonchev–Trinajstić information content (AvgIpc) is 2.46. The van der Waals surface area contributed by atoms with Gasteiger partial charge in [0.05, 0.1) is 6.54 Å². The van der Waals surface area contributed by atoms with Crippen LogP contribution in [0, 0.1) is 12.3 Å². The van der Waals surface area contributed by atoms with Crippen LogP contribution >= 0.6 is 0 Å². The van der Waals surface area contributed by atoms with E-state index in [0.717, 1.165) is 13.1 Å². The fourth-order valence-corrected chi connectivity index (χ4v) is 1.98. The summed E-state index contributed by atoms with van der Waals surface area (Å²) in [6.07, 6.45) is 5.32. The Bertz CT molecular complexity index is 348. The van der Waals surface area contributed by atoms with Crippen LogP contribution in [0.3, 0.4) is 0 Å². The summed E-state index contributed by atoms with van der Waals surface area (Å²) in [7, 11) is 0. The molecule has 0 fully saturated rings. The first-order valence-corrected chi connectivity index (χ1v) is 4.60. The third-order valence-electron chi connectivity index (χ3n) is 2.58. The van der Waals surface area contributed by atoms with Crippen molar-refractivity contribution in [2.75, 3.05) is 18.0 Å². The molecule has 0 spiro atoms. The van der Waals surface area contributed by atoms with Crippen molar-refractivity contribution in [1.82, 2.24) is 0 Å². The lowest BCUT2D eigenvalue weighted by Crippen LogP contribution is -2.21. The second-order valence-corrected chi connectivity index (χ2v) is 3.54. The average molecular weight is 171 g/mol. The second kappa shape index (κ2) is 3.14. The van der Waals surface area contributed by atoms with Crippen molar-refractivity contribution >= 4 is 5.69 Å². The highest BCUT2D eigenvalue weighted by Gasteiger charge is 2.23. The van der Waals surface area contributed by atoms with Crippen LogP contribution in [0.25, 0.3) is 0 Å². The van der Waals surface area contributed by atoms with Gasteiger partial charge >= 0.3 is 0 Å². The Kier molecular flexibility index (Phi) is 1.98. The number of terminal acetylenes is 1. The molecule has 2 rings (SSSR count). The fraction of sp³-hybridized carbons (Fsp3) is 0.333. The summed E-state index contributed by atoms with van der Waals surface area (Å²) in [5.74, 6) is 3.31. The Hall–Kier alpha value is -1.42. The van der Waals surface area contributed by atoms with Gasteiger partial charge in [0, 0.05) is 18.2 Å². The summed E-state index contributed by atoms with van der Waals surface area (Å²) in [4.78, 5) is 2.26. The van der Waals surface area contributed by atoms with E-state index in [2.05, 4.69) is 42.0 Å². The molecule has 13 heavy (non-hydrogen) atoms. The quantitative estimate of drug-likeness (QED) is 0.586. The monoisotopic (exact) mass is 171 g/mol. The summed E-state index contributed by atoms with van der Waals surface area (Å²) >= 11 is 0. The topological polar surface area (TPSA) is 3.24 Å². The van der Waals surface area contributed by atoms with Crippen molar-refractivity contribution in [3.8, 4) is 12.3 Å². The van der Waals surface area contributed by atoms with Crippen LogP contribution in [0.4, 0.5) is 5.69 Å². The third kappa shape index (κ3) is 1.29. The van der Waals surface area contributed by atoms with E-state index in [1.807, 2.05) is 0 Å². The van der Waals surface area contributed by atoms with E-state index in [4.69, 9.17) is 6.42 Å². The van der Waals surface area contributed by atoms with Gasteiger partial charge in [-0.05, 0) is 11.6 Å². The maximum absolute atomic E-state index is 5.32. The van der Waals surface area contributed by atoms with Crippen molar-refractivity contribution in [2.45, 2.75) is 12.8 Å². The zero-order chi connectivity index (χ0) is 9.26. The van der Waals surface area contributed by atoms with Gasteiger partial charge in [0.1, 0.15) is 0 Å². The smallest absolute Gasteiger partial charge is 0.0792 e. The number of nitrogens with zero attached hydrogens (tertiary/aromatic N) is 1. The number of rotatable bonds is 1. The number of para-hydroxylation sites is 1. The van der Waals surface area contributed by atoms with Crippen molar-refractivity contribution < 1.29 is 0 Å². The van der Waals surface area contributed by atoms with E-state index < -0.39 is 0 Å². The molecule has 1 heterocycles. The molecule has 0 aromatic heterocycles. The summed E-state index contributed by atoms with van der Waals surface area (Å²) in [6.45, 7) is 4.03. The maximum Gasteiger partial charge on any atom is 0.0792 e. The summed E-state index contributed by atoms with van der Waals surface area (Å²) in [5.41, 5.74) is 2.74. The second-order valence-electron chi connectivity index (χ2n) is 3.54. The maximum atomic E-state index is 5.32. The fourth-order valence-electron chi connectivity index (χ4n) is 1.98. The number of anilines is 1. The van der Waals surface area contributed by atoms with Crippen molar-refractivity contribution in [1.29, 1.82) is 0 Å². The Labute approximate surface area is 79.4 Å². The molecule has 0 aliphatic carbocycles. The molecule has 0 amide bonds. The molecule has 1 heteroatoms. The minimum absolute atomic E-state index is 0.615. The first-order chi connectivity index (χ1) is 6.33. The van der Waals surface area contributed by atoms with Crippen LogP contribution in [0.1, 0.15) is 18.4 Å². The Morgan fingerprint density at radius 2 is 2.31 bits per heavy atom. The molecule has 1 nitrogen and oxygen atoms in total. The normalized spacial score (nSPS) is 19.7. The Morgan fingerprint density at radius 1 is 1.54 bits per heavy atom. The molecule has 0 bridgehead atoms. The van der Waals surface area contributed by atoms with Crippen LogP contribution in [0.5, 0.6) is 0 Å². The molecule has 1 unspecified atom stereocenters. The van der Waals surface area contributed by atoms with E-state index in [1.54, 1.807) is 0 Å². The number of hydrogen-bond donors (Lipinski definition) is 0. The van der Waals surface area contributed by atoms with E-state index in [-0.39, 0.29) is 0 Å². The molecule has 0 radical (unpaired) electrons. The highest BCUT2D eigenvalue weighted by Crippen LogP contribution is 2.34. The van der Waals surface area contributed by atoms with Gasteiger partial charge in [0.15, 0.2) is 0 Å². The predicted octanol–water partition coefficient (Wildman–Crippen LogP) is 2.24. The Balaban J connectivity index is 2.37. The first-order valence-electron chi connectivity index (χ1n) is 4.60. The van der Waals surface area contributed by atoms with E-state index in [1.165, 1.54) is 11.3 Å². The summed E-state index contributed by atoms with van der Waals surface area (Å²) in [5, 5.41) is 0. The SMILES string of the molecule is C#CCN1CC(C)c2ccccc21. The van der Waals surface area contributed by atoms with Gasteiger partial charge in [-0.2, -0.15) is 0 Å². The van der Waals surface area contributed by atoms with E-state index in [0.29, 0.717) is 5.92 Å². The van der Waals surface area contributed by atoms with Gasteiger partial charge in [-0.15, -0.1) is 6.42 Å². The van der Waals surface area contributed by atoms with Crippen LogP contribution in [-0.2, 0) is 0 Å². The molecule has 1 atom stereocenters. The van der Waals surface area contributed by atoms with Crippen LogP contribution < -0.4 is 4.90 Å². The van der Waals surface area contributed by atoms with Gasteiger partial charge in [-0.3, -0.25) is 0 Å². The molecule has 1 aliphatic heterocycles. The molecule has 66 valence electrons. The molecule has 0 N–H and O–H groups in total. The Morgan fingerprint density at radius 3 is 3.08 bits per heavy atom. The van der Waals surface area contributed by atoms with Gasteiger partial charge < -0.3 is 4.90 Å². The van der Waals surface area contributed by atoms with Gasteiger partial charge in [-0.25, -0.2) is 0 Å². The lowest BCUT2D eigenvalue weighted by atomic mass is 10.0. The third-order valence-corrected chi connectivity index (χ3v) is 2.58. The van der Waals surface area contributed by atoms with Crippen LogP contribution in [0.15, 0.2) is 24.3 Å². The van der Waals surface area contributed by atoms with Crippen LogP contribution in [0.2, 0.25) is 0 Å².